The van der Waals surface area contributed by atoms with Gasteiger partial charge in [-0.05, 0) is 36.6 Å². The Morgan fingerprint density at radius 1 is 1.42 bits per heavy atom. The molecule has 19 heavy (non-hydrogen) atoms. The van der Waals surface area contributed by atoms with E-state index in [1.54, 1.807) is 4.90 Å². The molecule has 1 amide bonds. The van der Waals surface area contributed by atoms with Gasteiger partial charge < -0.3 is 15.3 Å². The number of hydrogen-bond acceptors (Lipinski definition) is 3. The molecule has 0 saturated heterocycles. The van der Waals surface area contributed by atoms with Crippen LogP contribution < -0.4 is 10.2 Å². The van der Waals surface area contributed by atoms with Gasteiger partial charge in [-0.1, -0.05) is 0 Å². The quantitative estimate of drug-likeness (QED) is 0.863. The normalized spacial score (nSPS) is 24.9. The van der Waals surface area contributed by atoms with E-state index in [1.807, 2.05) is 25.2 Å². The number of anilines is 2. The van der Waals surface area contributed by atoms with Crippen LogP contribution in [0.2, 0.25) is 0 Å². The first-order valence-electron chi connectivity index (χ1n) is 6.47. The second-order valence-corrected chi connectivity index (χ2v) is 5.11. The van der Waals surface area contributed by atoms with Crippen molar-refractivity contribution >= 4 is 23.3 Å². The Morgan fingerprint density at radius 3 is 2.84 bits per heavy atom. The van der Waals surface area contributed by atoms with E-state index in [1.165, 1.54) is 0 Å². The van der Waals surface area contributed by atoms with Gasteiger partial charge in [0, 0.05) is 24.8 Å². The summed E-state index contributed by atoms with van der Waals surface area (Å²) in [6.07, 6.45) is 1.75. The van der Waals surface area contributed by atoms with E-state index in [0.717, 1.165) is 23.4 Å². The Hall–Kier alpha value is -2.04. The van der Waals surface area contributed by atoms with Gasteiger partial charge in [0.15, 0.2) is 0 Å². The van der Waals surface area contributed by atoms with Gasteiger partial charge in [0.25, 0.3) is 0 Å². The van der Waals surface area contributed by atoms with Crippen molar-refractivity contribution in [2.45, 2.75) is 25.3 Å². The molecule has 3 rings (SSSR count). The highest BCUT2D eigenvalue weighted by Gasteiger charge is 2.50. The number of aryl methyl sites for hydroxylation is 1. The summed E-state index contributed by atoms with van der Waals surface area (Å²) in [6.45, 7) is 0. The molecule has 5 nitrogen and oxygen atoms in total. The van der Waals surface area contributed by atoms with Gasteiger partial charge in [0.05, 0.1) is 12.0 Å². The number of amides is 1. The van der Waals surface area contributed by atoms with Crippen molar-refractivity contribution in [2.24, 2.45) is 5.92 Å². The van der Waals surface area contributed by atoms with Crippen LogP contribution in [0.5, 0.6) is 0 Å². The number of carbonyl (C=O) groups is 2. The molecule has 2 atom stereocenters. The van der Waals surface area contributed by atoms with Crippen LogP contribution in [0.4, 0.5) is 11.4 Å². The molecule has 100 valence electrons. The molecule has 1 saturated carbocycles. The number of hydrogen-bond donors (Lipinski definition) is 2. The largest absolute Gasteiger partial charge is 0.481 e. The Bertz CT molecular complexity index is 556. The summed E-state index contributed by atoms with van der Waals surface area (Å²) in [5, 5.41) is 12.1. The SMILES string of the molecule is CNc1ccc2c(c1)CCC(=O)N2C1CC1C(=O)O. The third-order valence-electron chi connectivity index (χ3n) is 3.91. The number of fused-ring (bicyclic) bond motifs is 1. The Balaban J connectivity index is 1.94. The second-order valence-electron chi connectivity index (χ2n) is 5.11. The molecule has 5 heteroatoms. The third-order valence-corrected chi connectivity index (χ3v) is 3.91. The van der Waals surface area contributed by atoms with E-state index in [2.05, 4.69) is 5.32 Å². The van der Waals surface area contributed by atoms with Crippen molar-refractivity contribution in [2.75, 3.05) is 17.3 Å². The van der Waals surface area contributed by atoms with Crippen molar-refractivity contribution in [3.63, 3.8) is 0 Å². The smallest absolute Gasteiger partial charge is 0.308 e. The minimum Gasteiger partial charge on any atom is -0.481 e. The predicted octanol–water partition coefficient (Wildman–Crippen LogP) is 1.48. The van der Waals surface area contributed by atoms with Crippen LogP contribution in [0.25, 0.3) is 0 Å². The lowest BCUT2D eigenvalue weighted by Gasteiger charge is -2.30. The van der Waals surface area contributed by atoms with Gasteiger partial charge in [0.1, 0.15) is 0 Å². The summed E-state index contributed by atoms with van der Waals surface area (Å²) in [4.78, 5) is 24.8. The number of rotatable bonds is 3. The summed E-state index contributed by atoms with van der Waals surface area (Å²) < 4.78 is 0. The zero-order valence-corrected chi connectivity index (χ0v) is 10.7. The van der Waals surface area contributed by atoms with E-state index in [4.69, 9.17) is 5.11 Å². The fourth-order valence-electron chi connectivity index (χ4n) is 2.77. The molecule has 1 aliphatic heterocycles. The molecular weight excluding hydrogens is 244 g/mol. The van der Waals surface area contributed by atoms with E-state index in [0.29, 0.717) is 12.8 Å². The van der Waals surface area contributed by atoms with Crippen molar-refractivity contribution in [1.82, 2.24) is 0 Å². The van der Waals surface area contributed by atoms with Crippen molar-refractivity contribution < 1.29 is 14.7 Å². The maximum absolute atomic E-state index is 12.1. The zero-order valence-electron chi connectivity index (χ0n) is 10.7. The standard InChI is InChI=1S/C14H16N2O3/c1-15-9-3-4-11-8(6-9)2-5-13(17)16(11)12-7-10(12)14(18)19/h3-4,6,10,12,15H,2,5,7H2,1H3,(H,18,19). The number of nitrogens with one attached hydrogen (secondary N) is 1. The maximum Gasteiger partial charge on any atom is 0.308 e. The average Bonchev–Trinajstić information content (AvgIpc) is 3.18. The molecular formula is C14H16N2O3. The minimum absolute atomic E-state index is 0.0402. The summed E-state index contributed by atoms with van der Waals surface area (Å²) in [6, 6.07) is 5.70. The molecule has 0 aromatic heterocycles. The topological polar surface area (TPSA) is 69.6 Å². The molecule has 0 bridgehead atoms. The van der Waals surface area contributed by atoms with Crippen LogP contribution in [0.3, 0.4) is 0 Å². The molecule has 1 aromatic rings. The molecule has 1 aliphatic carbocycles. The monoisotopic (exact) mass is 260 g/mol. The van der Waals surface area contributed by atoms with Crippen LogP contribution >= 0.6 is 0 Å². The number of carbonyl (C=O) groups excluding carboxylic acids is 1. The number of aliphatic carboxylic acids is 1. The molecule has 2 unspecified atom stereocenters. The highest BCUT2D eigenvalue weighted by molar-refractivity contribution is 5.99. The summed E-state index contributed by atoms with van der Waals surface area (Å²) >= 11 is 0. The third kappa shape index (κ3) is 1.95. The first-order chi connectivity index (χ1) is 9.11. The van der Waals surface area contributed by atoms with Gasteiger partial charge in [-0.25, -0.2) is 0 Å². The Labute approximate surface area is 111 Å². The van der Waals surface area contributed by atoms with Gasteiger partial charge >= 0.3 is 5.97 Å². The highest BCUT2D eigenvalue weighted by Crippen LogP contribution is 2.42. The lowest BCUT2D eigenvalue weighted by molar-refractivity contribution is -0.138. The molecule has 1 aromatic carbocycles. The first-order valence-corrected chi connectivity index (χ1v) is 6.47. The van der Waals surface area contributed by atoms with E-state index in [9.17, 15) is 9.59 Å². The highest BCUT2D eigenvalue weighted by atomic mass is 16.4. The maximum atomic E-state index is 12.1. The van der Waals surface area contributed by atoms with E-state index in [-0.39, 0.29) is 11.9 Å². The fourth-order valence-corrected chi connectivity index (χ4v) is 2.77. The minimum atomic E-state index is -0.809. The lowest BCUT2D eigenvalue weighted by Crippen LogP contribution is -2.38. The number of carboxylic acid groups (broad SMARTS) is 1. The van der Waals surface area contributed by atoms with E-state index >= 15 is 0 Å². The number of carboxylic acids is 1. The van der Waals surface area contributed by atoms with Crippen molar-refractivity contribution in [3.8, 4) is 0 Å². The van der Waals surface area contributed by atoms with Crippen LogP contribution in [-0.4, -0.2) is 30.1 Å². The van der Waals surface area contributed by atoms with Crippen LogP contribution in [-0.2, 0) is 16.0 Å². The summed E-state index contributed by atoms with van der Waals surface area (Å²) in [7, 11) is 1.86. The van der Waals surface area contributed by atoms with Crippen LogP contribution in [0, 0.1) is 5.92 Å². The number of benzene rings is 1. The molecule has 2 N–H and O–H groups in total. The summed E-state index contributed by atoms with van der Waals surface area (Å²) in [5.74, 6) is -1.17. The summed E-state index contributed by atoms with van der Waals surface area (Å²) in [5.41, 5.74) is 3.00. The van der Waals surface area contributed by atoms with Crippen LogP contribution in [0.1, 0.15) is 18.4 Å². The Morgan fingerprint density at radius 2 is 2.21 bits per heavy atom. The van der Waals surface area contributed by atoms with E-state index < -0.39 is 11.9 Å². The predicted molar refractivity (Wildman–Crippen MR) is 71.3 cm³/mol. The first kappa shape index (κ1) is 12.0. The molecule has 1 heterocycles. The van der Waals surface area contributed by atoms with Gasteiger partial charge in [-0.3, -0.25) is 9.59 Å². The lowest BCUT2D eigenvalue weighted by atomic mass is 10.00. The van der Waals surface area contributed by atoms with Gasteiger partial charge in [-0.15, -0.1) is 0 Å². The molecule has 1 fully saturated rings. The van der Waals surface area contributed by atoms with Gasteiger partial charge in [-0.2, -0.15) is 0 Å². The van der Waals surface area contributed by atoms with Crippen molar-refractivity contribution in [1.29, 1.82) is 0 Å². The second kappa shape index (κ2) is 4.26. The Kier molecular flexibility index (Phi) is 2.69. The van der Waals surface area contributed by atoms with Gasteiger partial charge in [0.2, 0.25) is 5.91 Å². The average molecular weight is 260 g/mol. The molecule has 0 radical (unpaired) electrons. The zero-order chi connectivity index (χ0) is 13.6. The number of nitrogens with zero attached hydrogens (tertiary/aromatic N) is 1. The van der Waals surface area contributed by atoms with Crippen molar-refractivity contribution in [3.05, 3.63) is 23.8 Å². The molecule has 2 aliphatic rings. The fraction of sp³-hybridized carbons (Fsp3) is 0.429. The van der Waals surface area contributed by atoms with Crippen LogP contribution in [0.15, 0.2) is 18.2 Å². The molecule has 0 spiro atoms.